The van der Waals surface area contributed by atoms with Crippen LogP contribution >= 0.6 is 11.8 Å². The van der Waals surface area contributed by atoms with E-state index in [2.05, 4.69) is 29.7 Å². The molecular formula is C14H20N2OS. The van der Waals surface area contributed by atoms with Crippen molar-refractivity contribution < 1.29 is 4.79 Å². The number of hydrogen-bond acceptors (Lipinski definition) is 3. The van der Waals surface area contributed by atoms with Crippen LogP contribution in [0.2, 0.25) is 0 Å². The van der Waals surface area contributed by atoms with Crippen molar-refractivity contribution in [2.75, 3.05) is 19.6 Å². The van der Waals surface area contributed by atoms with Gasteiger partial charge in [-0.3, -0.25) is 4.79 Å². The summed E-state index contributed by atoms with van der Waals surface area (Å²) in [5.74, 6) is 0.361. The topological polar surface area (TPSA) is 41.1 Å². The number of carbonyl (C=O) groups is 1. The van der Waals surface area contributed by atoms with Gasteiger partial charge in [0, 0.05) is 23.2 Å². The summed E-state index contributed by atoms with van der Waals surface area (Å²) in [6, 6.07) is 10.3. The fourth-order valence-corrected chi connectivity index (χ4v) is 2.99. The van der Waals surface area contributed by atoms with Gasteiger partial charge in [0.1, 0.15) is 0 Å². The summed E-state index contributed by atoms with van der Waals surface area (Å²) in [4.78, 5) is 13.1. The smallest absolute Gasteiger partial charge is 0.224 e. The monoisotopic (exact) mass is 264 g/mol. The second kappa shape index (κ2) is 6.81. The predicted octanol–water partition coefficient (Wildman–Crippen LogP) is 1.89. The zero-order valence-electron chi connectivity index (χ0n) is 10.7. The lowest BCUT2D eigenvalue weighted by atomic mass is 10.1. The third-order valence-electron chi connectivity index (χ3n) is 3.08. The van der Waals surface area contributed by atoms with Gasteiger partial charge in [-0.15, -0.1) is 11.8 Å². The minimum atomic E-state index is 0.166. The molecule has 0 saturated carbocycles. The molecule has 1 fully saturated rings. The van der Waals surface area contributed by atoms with Crippen LogP contribution in [0.5, 0.6) is 0 Å². The molecule has 0 spiro atoms. The van der Waals surface area contributed by atoms with E-state index in [0.717, 1.165) is 26.1 Å². The van der Waals surface area contributed by atoms with Gasteiger partial charge < -0.3 is 10.6 Å². The molecule has 3 nitrogen and oxygen atoms in total. The van der Waals surface area contributed by atoms with Crippen LogP contribution in [0.4, 0.5) is 0 Å². The highest BCUT2D eigenvalue weighted by Gasteiger charge is 2.22. The number of rotatable bonds is 5. The molecule has 1 aliphatic heterocycles. The maximum absolute atomic E-state index is 11.8. The van der Waals surface area contributed by atoms with Crippen LogP contribution in [0.1, 0.15) is 13.3 Å². The molecule has 0 aliphatic carbocycles. The second-order valence-corrected chi connectivity index (χ2v) is 6.19. The number of hydrogen-bond donors (Lipinski definition) is 2. The lowest BCUT2D eigenvalue weighted by Crippen LogP contribution is -2.35. The fraction of sp³-hybridized carbons (Fsp3) is 0.500. The Kier molecular flexibility index (Phi) is 5.08. The Bertz CT molecular complexity index is 377. The highest BCUT2D eigenvalue weighted by atomic mass is 32.2. The van der Waals surface area contributed by atoms with E-state index >= 15 is 0 Å². The van der Waals surface area contributed by atoms with Crippen molar-refractivity contribution in [2.45, 2.75) is 23.5 Å². The van der Waals surface area contributed by atoms with Gasteiger partial charge in [-0.1, -0.05) is 25.1 Å². The largest absolute Gasteiger partial charge is 0.355 e. The summed E-state index contributed by atoms with van der Waals surface area (Å²) in [6.07, 6.45) is 0.964. The molecule has 1 aromatic carbocycles. The summed E-state index contributed by atoms with van der Waals surface area (Å²) in [5, 5.41) is 6.65. The van der Waals surface area contributed by atoms with Crippen LogP contribution in [-0.4, -0.2) is 30.8 Å². The molecule has 1 heterocycles. The second-order valence-electron chi connectivity index (χ2n) is 4.68. The summed E-state index contributed by atoms with van der Waals surface area (Å²) >= 11 is 1.80. The first-order chi connectivity index (χ1) is 8.75. The Morgan fingerprint density at radius 2 is 2.28 bits per heavy atom. The molecule has 2 unspecified atom stereocenters. The van der Waals surface area contributed by atoms with Crippen LogP contribution in [-0.2, 0) is 4.79 Å². The van der Waals surface area contributed by atoms with Crippen molar-refractivity contribution in [3.8, 4) is 0 Å². The highest BCUT2D eigenvalue weighted by molar-refractivity contribution is 8.00. The molecule has 2 atom stereocenters. The Balaban J connectivity index is 1.71. The minimum absolute atomic E-state index is 0.166. The van der Waals surface area contributed by atoms with E-state index in [0.29, 0.717) is 5.25 Å². The van der Waals surface area contributed by atoms with Crippen molar-refractivity contribution in [3.63, 3.8) is 0 Å². The van der Waals surface area contributed by atoms with Crippen LogP contribution in [0.3, 0.4) is 0 Å². The van der Waals surface area contributed by atoms with Gasteiger partial charge in [-0.25, -0.2) is 0 Å². The number of carbonyl (C=O) groups excluding carboxylic acids is 1. The summed E-state index contributed by atoms with van der Waals surface area (Å²) in [5.41, 5.74) is 0. The van der Waals surface area contributed by atoms with Gasteiger partial charge in [0.2, 0.25) is 5.91 Å². The summed E-state index contributed by atoms with van der Waals surface area (Å²) in [6.45, 7) is 4.66. The molecule has 98 valence electrons. The van der Waals surface area contributed by atoms with Crippen molar-refractivity contribution in [3.05, 3.63) is 30.3 Å². The first-order valence-electron chi connectivity index (χ1n) is 6.46. The fourth-order valence-electron chi connectivity index (χ4n) is 2.04. The van der Waals surface area contributed by atoms with Crippen LogP contribution < -0.4 is 10.6 Å². The molecule has 4 heteroatoms. The van der Waals surface area contributed by atoms with E-state index in [-0.39, 0.29) is 11.8 Å². The van der Waals surface area contributed by atoms with Gasteiger partial charge in [0.05, 0.1) is 5.92 Å². The van der Waals surface area contributed by atoms with Crippen LogP contribution in [0.15, 0.2) is 35.2 Å². The maximum atomic E-state index is 11.8. The molecule has 0 radical (unpaired) electrons. The van der Waals surface area contributed by atoms with E-state index in [4.69, 9.17) is 0 Å². The first kappa shape index (κ1) is 13.4. The van der Waals surface area contributed by atoms with E-state index in [9.17, 15) is 4.79 Å². The van der Waals surface area contributed by atoms with Gasteiger partial charge in [-0.2, -0.15) is 0 Å². The van der Waals surface area contributed by atoms with E-state index in [1.165, 1.54) is 4.90 Å². The van der Waals surface area contributed by atoms with Crippen molar-refractivity contribution in [1.82, 2.24) is 10.6 Å². The third kappa shape index (κ3) is 4.03. The summed E-state index contributed by atoms with van der Waals surface area (Å²) in [7, 11) is 0. The Hall–Kier alpha value is -1.00. The molecule has 0 bridgehead atoms. The van der Waals surface area contributed by atoms with Crippen LogP contribution in [0, 0.1) is 5.92 Å². The van der Waals surface area contributed by atoms with Gasteiger partial charge in [0.25, 0.3) is 0 Å². The Morgan fingerprint density at radius 1 is 1.50 bits per heavy atom. The number of nitrogens with one attached hydrogen (secondary N) is 2. The zero-order chi connectivity index (χ0) is 12.8. The van der Waals surface area contributed by atoms with Gasteiger partial charge in [-0.05, 0) is 25.1 Å². The molecular weight excluding hydrogens is 244 g/mol. The third-order valence-corrected chi connectivity index (χ3v) is 4.19. The SMILES string of the molecule is CC(CNC(=O)C1CCNC1)Sc1ccccc1. The maximum Gasteiger partial charge on any atom is 0.224 e. The zero-order valence-corrected chi connectivity index (χ0v) is 11.5. The number of amides is 1. The molecule has 18 heavy (non-hydrogen) atoms. The van der Waals surface area contributed by atoms with Gasteiger partial charge >= 0.3 is 0 Å². The molecule has 1 saturated heterocycles. The number of benzene rings is 1. The number of thioether (sulfide) groups is 1. The summed E-state index contributed by atoms with van der Waals surface area (Å²) < 4.78 is 0. The Labute approximate surface area is 113 Å². The van der Waals surface area contributed by atoms with Crippen molar-refractivity contribution >= 4 is 17.7 Å². The van der Waals surface area contributed by atoms with Gasteiger partial charge in [0.15, 0.2) is 0 Å². The standard InChI is InChI=1S/C14H20N2OS/c1-11(18-13-5-3-2-4-6-13)9-16-14(17)12-7-8-15-10-12/h2-6,11-12,15H,7-10H2,1H3,(H,16,17). The predicted molar refractivity (Wildman–Crippen MR) is 75.7 cm³/mol. The molecule has 2 rings (SSSR count). The quantitative estimate of drug-likeness (QED) is 0.798. The first-order valence-corrected chi connectivity index (χ1v) is 7.34. The Morgan fingerprint density at radius 3 is 2.94 bits per heavy atom. The molecule has 2 N–H and O–H groups in total. The normalized spacial score (nSPS) is 20.6. The van der Waals surface area contributed by atoms with Crippen LogP contribution in [0.25, 0.3) is 0 Å². The highest BCUT2D eigenvalue weighted by Crippen LogP contribution is 2.22. The minimum Gasteiger partial charge on any atom is -0.355 e. The molecule has 1 aliphatic rings. The lowest BCUT2D eigenvalue weighted by molar-refractivity contribution is -0.124. The molecule has 1 amide bonds. The van der Waals surface area contributed by atoms with E-state index < -0.39 is 0 Å². The van der Waals surface area contributed by atoms with E-state index in [1.54, 1.807) is 11.8 Å². The van der Waals surface area contributed by atoms with E-state index in [1.807, 2.05) is 18.2 Å². The van der Waals surface area contributed by atoms with Crippen molar-refractivity contribution in [1.29, 1.82) is 0 Å². The molecule has 1 aromatic rings. The average molecular weight is 264 g/mol. The average Bonchev–Trinajstić information content (AvgIpc) is 2.91. The van der Waals surface area contributed by atoms with Crippen molar-refractivity contribution in [2.24, 2.45) is 5.92 Å². The molecule has 0 aromatic heterocycles. The lowest BCUT2D eigenvalue weighted by Gasteiger charge is -2.14.